The van der Waals surface area contributed by atoms with Gasteiger partial charge < -0.3 is 5.32 Å². The van der Waals surface area contributed by atoms with Crippen molar-refractivity contribution in [3.63, 3.8) is 0 Å². The number of hydrogen-bond acceptors (Lipinski definition) is 4. The van der Waals surface area contributed by atoms with Gasteiger partial charge in [-0.1, -0.05) is 60.2 Å². The predicted molar refractivity (Wildman–Crippen MR) is 128 cm³/mol. The topological polar surface area (TPSA) is 66.5 Å². The lowest BCUT2D eigenvalue weighted by Gasteiger charge is -2.22. The van der Waals surface area contributed by atoms with Gasteiger partial charge >= 0.3 is 0 Å². The van der Waals surface area contributed by atoms with Crippen LogP contribution < -0.4 is 9.62 Å². The van der Waals surface area contributed by atoms with Crippen LogP contribution in [0.2, 0.25) is 0 Å². The summed E-state index contributed by atoms with van der Waals surface area (Å²) in [7, 11) is -2.31. The second kappa shape index (κ2) is 10.5. The van der Waals surface area contributed by atoms with Gasteiger partial charge in [0.25, 0.3) is 15.9 Å². The molecule has 0 saturated heterocycles. The van der Waals surface area contributed by atoms with E-state index in [-0.39, 0.29) is 10.8 Å². The second-order valence-electron chi connectivity index (χ2n) is 7.10. The predicted octanol–water partition coefficient (Wildman–Crippen LogP) is 4.48. The summed E-state index contributed by atoms with van der Waals surface area (Å²) in [5.74, 6) is 1.35. The number of anilines is 1. The summed E-state index contributed by atoms with van der Waals surface area (Å²) in [4.78, 5) is 13.0. The number of aryl methyl sites for hydroxylation is 1. The molecule has 0 aliphatic carbocycles. The fourth-order valence-corrected chi connectivity index (χ4v) is 5.07. The van der Waals surface area contributed by atoms with E-state index in [0.717, 1.165) is 21.4 Å². The minimum Gasteiger partial charge on any atom is -0.351 e. The van der Waals surface area contributed by atoms with Gasteiger partial charge in [-0.25, -0.2) is 8.42 Å². The van der Waals surface area contributed by atoms with Crippen LogP contribution >= 0.6 is 11.8 Å². The molecule has 0 atom stereocenters. The lowest BCUT2D eigenvalue weighted by Crippen LogP contribution is -2.31. The van der Waals surface area contributed by atoms with Gasteiger partial charge in [0.05, 0.1) is 16.1 Å². The van der Waals surface area contributed by atoms with Gasteiger partial charge in [0.15, 0.2) is 0 Å². The van der Waals surface area contributed by atoms with E-state index in [1.54, 1.807) is 60.3 Å². The first-order valence-corrected chi connectivity index (χ1v) is 12.5. The first-order chi connectivity index (χ1) is 14.9. The smallest absolute Gasteiger partial charge is 0.264 e. The van der Waals surface area contributed by atoms with Crippen molar-refractivity contribution in [2.45, 2.75) is 17.6 Å². The molecular formula is C24H26N2O3S2. The lowest BCUT2D eigenvalue weighted by atomic mass is 10.1. The van der Waals surface area contributed by atoms with Crippen LogP contribution in [0.1, 0.15) is 21.5 Å². The van der Waals surface area contributed by atoms with E-state index in [1.807, 2.05) is 25.1 Å². The Hall–Kier alpha value is -2.77. The Morgan fingerprint density at radius 1 is 0.935 bits per heavy atom. The van der Waals surface area contributed by atoms with Gasteiger partial charge in [0.1, 0.15) is 0 Å². The molecule has 162 valence electrons. The maximum Gasteiger partial charge on any atom is 0.264 e. The number of carbonyl (C=O) groups excluding carboxylic acids is 1. The van der Waals surface area contributed by atoms with Crippen molar-refractivity contribution in [3.05, 3.63) is 95.6 Å². The molecule has 0 radical (unpaired) electrons. The molecule has 31 heavy (non-hydrogen) atoms. The average Bonchev–Trinajstić information content (AvgIpc) is 2.79. The summed E-state index contributed by atoms with van der Waals surface area (Å²) >= 11 is 1.74. The lowest BCUT2D eigenvalue weighted by molar-refractivity contribution is 0.0957. The van der Waals surface area contributed by atoms with Crippen LogP contribution in [0.3, 0.4) is 0 Å². The molecular weight excluding hydrogens is 428 g/mol. The van der Waals surface area contributed by atoms with Crippen molar-refractivity contribution in [3.8, 4) is 0 Å². The van der Waals surface area contributed by atoms with E-state index in [1.165, 1.54) is 12.6 Å². The molecule has 3 rings (SSSR count). The molecule has 0 aliphatic heterocycles. The van der Waals surface area contributed by atoms with E-state index in [9.17, 15) is 13.2 Å². The SMILES string of the molecule is Cc1ccc(S(=O)(=O)N(C)c2ccccc2C(=O)NCCSCc2ccccc2)cc1. The molecule has 3 aromatic carbocycles. The van der Waals surface area contributed by atoms with Crippen LogP contribution in [0.5, 0.6) is 0 Å². The largest absolute Gasteiger partial charge is 0.351 e. The third-order valence-corrected chi connectivity index (χ3v) is 7.63. The highest BCUT2D eigenvalue weighted by Gasteiger charge is 2.24. The van der Waals surface area contributed by atoms with E-state index in [2.05, 4.69) is 17.4 Å². The maximum absolute atomic E-state index is 13.0. The van der Waals surface area contributed by atoms with Crippen LogP contribution in [0.4, 0.5) is 5.69 Å². The number of nitrogens with one attached hydrogen (secondary N) is 1. The average molecular weight is 455 g/mol. The van der Waals surface area contributed by atoms with Gasteiger partial charge in [0.2, 0.25) is 0 Å². The normalized spacial score (nSPS) is 11.2. The van der Waals surface area contributed by atoms with Crippen molar-refractivity contribution in [1.82, 2.24) is 5.32 Å². The Bertz CT molecular complexity index is 1120. The van der Waals surface area contributed by atoms with Crippen LogP contribution in [-0.2, 0) is 15.8 Å². The van der Waals surface area contributed by atoms with Crippen LogP contribution in [0.15, 0.2) is 83.8 Å². The Morgan fingerprint density at radius 3 is 2.29 bits per heavy atom. The Balaban J connectivity index is 1.65. The molecule has 0 aromatic heterocycles. The number of thioether (sulfide) groups is 1. The molecule has 0 fully saturated rings. The van der Waals surface area contributed by atoms with Gasteiger partial charge in [-0.15, -0.1) is 0 Å². The number of rotatable bonds is 9. The quantitative estimate of drug-likeness (QED) is 0.484. The van der Waals surface area contributed by atoms with E-state index in [0.29, 0.717) is 17.8 Å². The zero-order valence-electron chi connectivity index (χ0n) is 17.6. The van der Waals surface area contributed by atoms with Crippen molar-refractivity contribution < 1.29 is 13.2 Å². The van der Waals surface area contributed by atoms with Crippen LogP contribution in [-0.4, -0.2) is 33.7 Å². The summed E-state index contributed by atoms with van der Waals surface area (Å²) in [5, 5.41) is 2.90. The first-order valence-electron chi connectivity index (χ1n) is 9.94. The van der Waals surface area contributed by atoms with E-state index < -0.39 is 10.0 Å². The summed E-state index contributed by atoms with van der Waals surface area (Å²) < 4.78 is 27.3. The van der Waals surface area contributed by atoms with Gasteiger partial charge in [0, 0.05) is 25.1 Å². The Morgan fingerprint density at radius 2 is 1.58 bits per heavy atom. The third kappa shape index (κ3) is 5.89. The Labute approximate surface area is 188 Å². The van der Waals surface area contributed by atoms with E-state index >= 15 is 0 Å². The van der Waals surface area contributed by atoms with Gasteiger partial charge in [-0.05, 0) is 36.8 Å². The number of amides is 1. The molecule has 0 aliphatic rings. The standard InChI is InChI=1S/C24H26N2O3S2/c1-19-12-14-21(15-13-19)31(28,29)26(2)23-11-7-6-10-22(23)24(27)25-16-17-30-18-20-8-4-3-5-9-20/h3-15H,16-18H2,1-2H3,(H,25,27). The number of sulfonamides is 1. The van der Waals surface area contributed by atoms with Crippen LogP contribution in [0.25, 0.3) is 0 Å². The number of benzene rings is 3. The number of nitrogens with zero attached hydrogens (tertiary/aromatic N) is 1. The molecule has 5 nitrogen and oxygen atoms in total. The summed E-state index contributed by atoms with van der Waals surface area (Å²) in [6.45, 7) is 2.40. The Kier molecular flexibility index (Phi) is 7.76. The maximum atomic E-state index is 13.0. The highest BCUT2D eigenvalue weighted by molar-refractivity contribution is 7.98. The minimum atomic E-state index is -3.78. The van der Waals surface area contributed by atoms with Crippen LogP contribution in [0, 0.1) is 6.92 Å². The first kappa shape index (κ1) is 22.9. The molecule has 0 saturated carbocycles. The van der Waals surface area contributed by atoms with Crippen molar-refractivity contribution in [2.24, 2.45) is 0 Å². The summed E-state index contributed by atoms with van der Waals surface area (Å²) in [6, 6.07) is 23.6. The molecule has 3 aromatic rings. The summed E-state index contributed by atoms with van der Waals surface area (Å²) in [5.41, 5.74) is 2.89. The zero-order valence-corrected chi connectivity index (χ0v) is 19.2. The number of hydrogen-bond donors (Lipinski definition) is 1. The number of carbonyl (C=O) groups is 1. The van der Waals surface area contributed by atoms with Gasteiger partial charge in [-0.2, -0.15) is 11.8 Å². The fraction of sp³-hybridized carbons (Fsp3) is 0.208. The molecule has 0 spiro atoms. The van der Waals surface area contributed by atoms with E-state index in [4.69, 9.17) is 0 Å². The molecule has 1 amide bonds. The molecule has 0 heterocycles. The molecule has 0 bridgehead atoms. The molecule has 0 unspecified atom stereocenters. The zero-order chi connectivity index (χ0) is 22.3. The second-order valence-corrected chi connectivity index (χ2v) is 10.2. The molecule has 1 N–H and O–H groups in total. The molecule has 7 heteroatoms. The van der Waals surface area contributed by atoms with Crippen molar-refractivity contribution in [1.29, 1.82) is 0 Å². The minimum absolute atomic E-state index is 0.188. The summed E-state index contributed by atoms with van der Waals surface area (Å²) in [6.07, 6.45) is 0. The fourth-order valence-electron chi connectivity index (χ4n) is 3.03. The van der Waals surface area contributed by atoms with Gasteiger partial charge in [-0.3, -0.25) is 9.10 Å². The third-order valence-electron chi connectivity index (χ3n) is 4.81. The number of para-hydroxylation sites is 1. The monoisotopic (exact) mass is 454 g/mol. The highest BCUT2D eigenvalue weighted by atomic mass is 32.2. The van der Waals surface area contributed by atoms with Crippen molar-refractivity contribution in [2.75, 3.05) is 23.7 Å². The highest BCUT2D eigenvalue weighted by Crippen LogP contribution is 2.26. The van der Waals surface area contributed by atoms with Crippen molar-refractivity contribution >= 4 is 33.4 Å².